The van der Waals surface area contributed by atoms with Gasteiger partial charge in [0.25, 0.3) is 5.69 Å². The third kappa shape index (κ3) is 4.98. The Morgan fingerprint density at radius 3 is 2.65 bits per heavy atom. The van der Waals surface area contributed by atoms with Crippen LogP contribution < -0.4 is 5.32 Å². The molecule has 1 aromatic carbocycles. The van der Waals surface area contributed by atoms with Crippen LogP contribution in [0.2, 0.25) is 0 Å². The Bertz CT molecular complexity index is 675. The van der Waals surface area contributed by atoms with Gasteiger partial charge in [-0.05, 0) is 36.2 Å². The molecule has 0 amide bonds. The van der Waals surface area contributed by atoms with E-state index in [4.69, 9.17) is 4.99 Å². The SMILES string of the molecule is C[C@@H]1C[C@H](N2CN=C(SCc3ccc([N+](=O)[O-])cc3)NC2)CC(C)(C)C1. The lowest BCUT2D eigenvalue weighted by Crippen LogP contribution is -2.50. The minimum Gasteiger partial charge on any atom is -0.352 e. The zero-order valence-corrected chi connectivity index (χ0v) is 16.6. The van der Waals surface area contributed by atoms with Gasteiger partial charge in [-0.1, -0.05) is 44.7 Å². The van der Waals surface area contributed by atoms with Crippen LogP contribution in [0.15, 0.2) is 29.3 Å². The Kier molecular flexibility index (Phi) is 5.87. The summed E-state index contributed by atoms with van der Waals surface area (Å²) < 4.78 is 0. The number of nitro benzene ring substituents is 1. The summed E-state index contributed by atoms with van der Waals surface area (Å²) in [6, 6.07) is 7.34. The van der Waals surface area contributed by atoms with Gasteiger partial charge in [0.2, 0.25) is 0 Å². The maximum absolute atomic E-state index is 10.7. The fourth-order valence-corrected chi connectivity index (χ4v) is 5.02. The number of nitro groups is 1. The molecule has 1 saturated carbocycles. The van der Waals surface area contributed by atoms with Crippen molar-refractivity contribution < 1.29 is 4.92 Å². The van der Waals surface area contributed by atoms with Gasteiger partial charge >= 0.3 is 0 Å². The van der Waals surface area contributed by atoms with Crippen molar-refractivity contribution in [3.8, 4) is 0 Å². The van der Waals surface area contributed by atoms with Crippen molar-refractivity contribution >= 4 is 22.6 Å². The van der Waals surface area contributed by atoms with E-state index < -0.39 is 0 Å². The minimum atomic E-state index is -0.369. The van der Waals surface area contributed by atoms with E-state index in [1.165, 1.54) is 19.3 Å². The van der Waals surface area contributed by atoms with Crippen LogP contribution in [0.4, 0.5) is 5.69 Å². The monoisotopic (exact) mass is 376 g/mol. The van der Waals surface area contributed by atoms with E-state index in [0.717, 1.165) is 35.7 Å². The maximum Gasteiger partial charge on any atom is 0.269 e. The van der Waals surface area contributed by atoms with Gasteiger partial charge in [0.05, 0.1) is 18.3 Å². The molecule has 0 radical (unpaired) electrons. The molecule has 1 aliphatic heterocycles. The molecule has 6 nitrogen and oxygen atoms in total. The topological polar surface area (TPSA) is 70.8 Å². The maximum atomic E-state index is 10.7. The number of aliphatic imine (C=N–C) groups is 1. The molecule has 3 rings (SSSR count). The van der Waals surface area contributed by atoms with E-state index >= 15 is 0 Å². The van der Waals surface area contributed by atoms with Gasteiger partial charge in [-0.3, -0.25) is 15.0 Å². The van der Waals surface area contributed by atoms with E-state index in [1.807, 2.05) is 12.1 Å². The second-order valence-electron chi connectivity index (χ2n) is 8.31. The van der Waals surface area contributed by atoms with Crippen LogP contribution in [0.25, 0.3) is 0 Å². The molecular weight excluding hydrogens is 348 g/mol. The first-order valence-corrected chi connectivity index (χ1v) is 10.2. The van der Waals surface area contributed by atoms with Crippen molar-refractivity contribution in [2.75, 3.05) is 13.3 Å². The van der Waals surface area contributed by atoms with Gasteiger partial charge in [0, 0.05) is 23.9 Å². The van der Waals surface area contributed by atoms with Crippen molar-refractivity contribution in [1.82, 2.24) is 10.2 Å². The molecule has 1 N–H and O–H groups in total. The van der Waals surface area contributed by atoms with E-state index in [1.54, 1.807) is 23.9 Å². The first kappa shape index (κ1) is 19.2. The molecule has 7 heteroatoms. The van der Waals surface area contributed by atoms with Gasteiger partial charge in [-0.15, -0.1) is 0 Å². The number of rotatable bonds is 4. The zero-order valence-electron chi connectivity index (χ0n) is 15.8. The molecule has 2 aliphatic rings. The van der Waals surface area contributed by atoms with Gasteiger partial charge in [-0.2, -0.15) is 0 Å². The third-order valence-electron chi connectivity index (χ3n) is 5.23. The predicted octanol–water partition coefficient (Wildman–Crippen LogP) is 4.22. The molecule has 0 saturated heterocycles. The molecule has 0 aromatic heterocycles. The number of nitrogens with zero attached hydrogens (tertiary/aromatic N) is 3. The third-order valence-corrected chi connectivity index (χ3v) is 6.26. The van der Waals surface area contributed by atoms with E-state index in [-0.39, 0.29) is 10.6 Å². The highest BCUT2D eigenvalue weighted by atomic mass is 32.2. The van der Waals surface area contributed by atoms with Gasteiger partial charge < -0.3 is 5.32 Å². The lowest BCUT2D eigenvalue weighted by molar-refractivity contribution is -0.384. The van der Waals surface area contributed by atoms with Crippen molar-refractivity contribution in [3.63, 3.8) is 0 Å². The number of non-ortho nitro benzene ring substituents is 1. The molecule has 2 atom stereocenters. The lowest BCUT2D eigenvalue weighted by Gasteiger charge is -2.44. The highest BCUT2D eigenvalue weighted by molar-refractivity contribution is 8.13. The summed E-state index contributed by atoms with van der Waals surface area (Å²) in [6.07, 6.45) is 3.80. The summed E-state index contributed by atoms with van der Waals surface area (Å²) in [5.41, 5.74) is 1.61. The highest BCUT2D eigenvalue weighted by Crippen LogP contribution is 2.40. The lowest BCUT2D eigenvalue weighted by atomic mass is 9.70. The number of hydrogen-bond donors (Lipinski definition) is 1. The standard InChI is InChI=1S/C19H28N4O2S/c1-14-8-17(10-19(2,3)9-14)22-12-20-18(21-13-22)26-11-15-4-6-16(7-5-15)23(24)25/h4-7,14,17H,8-13H2,1-3H3,(H,20,21)/t14-,17+/m1/s1. The Morgan fingerprint density at radius 2 is 2.08 bits per heavy atom. The Labute approximate surface area is 159 Å². The Morgan fingerprint density at radius 1 is 1.35 bits per heavy atom. The van der Waals surface area contributed by atoms with E-state index in [0.29, 0.717) is 11.5 Å². The number of hydrogen-bond acceptors (Lipinski definition) is 6. The molecule has 1 aromatic rings. The van der Waals surface area contributed by atoms with E-state index in [2.05, 4.69) is 31.0 Å². The summed E-state index contributed by atoms with van der Waals surface area (Å²) in [4.78, 5) is 17.5. The van der Waals surface area contributed by atoms with Gasteiger partial charge in [-0.25, -0.2) is 4.99 Å². The van der Waals surface area contributed by atoms with Crippen LogP contribution >= 0.6 is 11.8 Å². The molecule has 1 heterocycles. The van der Waals surface area contributed by atoms with Crippen LogP contribution in [-0.2, 0) is 5.75 Å². The Hall–Kier alpha value is -1.60. The Balaban J connectivity index is 1.51. The quantitative estimate of drug-likeness (QED) is 0.629. The summed E-state index contributed by atoms with van der Waals surface area (Å²) >= 11 is 1.66. The van der Waals surface area contributed by atoms with Crippen molar-refractivity contribution in [3.05, 3.63) is 39.9 Å². The van der Waals surface area contributed by atoms with Crippen LogP contribution in [-0.4, -0.2) is 34.4 Å². The second kappa shape index (κ2) is 7.96. The van der Waals surface area contributed by atoms with Crippen molar-refractivity contribution in [2.24, 2.45) is 16.3 Å². The highest BCUT2D eigenvalue weighted by Gasteiger charge is 2.35. The number of nitrogens with one attached hydrogen (secondary N) is 1. The summed E-state index contributed by atoms with van der Waals surface area (Å²) in [7, 11) is 0. The van der Waals surface area contributed by atoms with Crippen LogP contribution in [0.1, 0.15) is 45.6 Å². The van der Waals surface area contributed by atoms with Gasteiger partial charge in [0.1, 0.15) is 0 Å². The molecule has 0 bridgehead atoms. The van der Waals surface area contributed by atoms with Crippen LogP contribution in [0, 0.1) is 21.4 Å². The number of amidine groups is 1. The number of benzene rings is 1. The molecule has 142 valence electrons. The molecule has 1 aliphatic carbocycles. The molecular formula is C19H28N4O2S. The molecule has 26 heavy (non-hydrogen) atoms. The van der Waals surface area contributed by atoms with Gasteiger partial charge in [0.15, 0.2) is 5.17 Å². The molecule has 0 spiro atoms. The van der Waals surface area contributed by atoms with Crippen LogP contribution in [0.5, 0.6) is 0 Å². The van der Waals surface area contributed by atoms with Crippen LogP contribution in [0.3, 0.4) is 0 Å². The average Bonchev–Trinajstić information content (AvgIpc) is 2.59. The summed E-state index contributed by atoms with van der Waals surface area (Å²) in [5, 5.41) is 15.1. The minimum absolute atomic E-state index is 0.132. The first-order chi connectivity index (χ1) is 12.3. The fourth-order valence-electron chi connectivity index (χ4n) is 4.21. The molecule has 1 fully saturated rings. The summed E-state index contributed by atoms with van der Waals surface area (Å²) in [6.45, 7) is 8.71. The predicted molar refractivity (Wildman–Crippen MR) is 107 cm³/mol. The van der Waals surface area contributed by atoms with E-state index in [9.17, 15) is 10.1 Å². The zero-order chi connectivity index (χ0) is 18.7. The number of thioether (sulfide) groups is 1. The fraction of sp³-hybridized carbons (Fsp3) is 0.632. The van der Waals surface area contributed by atoms with Crippen molar-refractivity contribution in [2.45, 2.75) is 51.8 Å². The first-order valence-electron chi connectivity index (χ1n) is 9.21. The summed E-state index contributed by atoms with van der Waals surface area (Å²) in [5.74, 6) is 1.53. The average molecular weight is 377 g/mol. The smallest absolute Gasteiger partial charge is 0.269 e. The normalized spacial score (nSPS) is 26.0. The molecule has 0 unspecified atom stereocenters. The second-order valence-corrected chi connectivity index (χ2v) is 9.27. The largest absolute Gasteiger partial charge is 0.352 e. The van der Waals surface area contributed by atoms with Crippen molar-refractivity contribution in [1.29, 1.82) is 0 Å².